The number of hydrogen-bond donors (Lipinski definition) is 0. The molecule has 1 nitrogen and oxygen atoms in total. The molecule has 0 bridgehead atoms. The van der Waals surface area contributed by atoms with E-state index in [-0.39, 0.29) is 0 Å². The van der Waals surface area contributed by atoms with Gasteiger partial charge in [0.05, 0.1) is 10.6 Å². The van der Waals surface area contributed by atoms with Crippen LogP contribution in [0.3, 0.4) is 0 Å². The minimum absolute atomic E-state index is 1.22. The fraction of sp³-hybridized carbons (Fsp3) is 0.231. The third kappa shape index (κ3) is 1.65. The van der Waals surface area contributed by atoms with Crippen LogP contribution >= 0.6 is 11.3 Å². The maximum absolute atomic E-state index is 3.84. The number of rotatable bonds is 2. The van der Waals surface area contributed by atoms with Crippen LogP contribution < -0.4 is 0 Å². The summed E-state index contributed by atoms with van der Waals surface area (Å²) in [5, 5.41) is 0. The van der Waals surface area contributed by atoms with Crippen molar-refractivity contribution in [3.8, 4) is 10.6 Å². The van der Waals surface area contributed by atoms with E-state index in [0.717, 1.165) is 0 Å². The summed E-state index contributed by atoms with van der Waals surface area (Å²) >= 11 is 1.83. The van der Waals surface area contributed by atoms with Crippen molar-refractivity contribution in [1.29, 1.82) is 0 Å². The topological polar surface area (TPSA) is 4.93 Å². The lowest BCUT2D eigenvalue weighted by atomic mass is 10.2. The van der Waals surface area contributed by atoms with Crippen LogP contribution in [0.2, 0.25) is 0 Å². The molecule has 2 heterocycles. The molecule has 2 heteroatoms. The number of thiophene rings is 1. The molecule has 0 spiro atoms. The van der Waals surface area contributed by atoms with E-state index in [9.17, 15) is 0 Å². The van der Waals surface area contributed by atoms with E-state index in [1.165, 1.54) is 26.7 Å². The molecular formula is C13H15NS. The number of aryl methyl sites for hydroxylation is 1. The Hall–Kier alpha value is -1.28. The van der Waals surface area contributed by atoms with Gasteiger partial charge in [0.15, 0.2) is 0 Å². The lowest BCUT2D eigenvalue weighted by molar-refractivity contribution is 0.891. The fourth-order valence-electron chi connectivity index (χ4n) is 1.74. The standard InChI is InChI=1S/C13H15NS/c1-5-11-8-12(14(4)10(11)3)13-7-6-9(2)15-13/h5-8H,1H2,2-4H3. The Kier molecular flexibility index (Phi) is 2.53. The van der Waals surface area contributed by atoms with Gasteiger partial charge in [-0.15, -0.1) is 11.3 Å². The van der Waals surface area contributed by atoms with Gasteiger partial charge in [-0.25, -0.2) is 0 Å². The van der Waals surface area contributed by atoms with Crippen LogP contribution in [0, 0.1) is 13.8 Å². The third-order valence-electron chi connectivity index (χ3n) is 2.79. The summed E-state index contributed by atoms with van der Waals surface area (Å²) in [4.78, 5) is 2.68. The zero-order valence-corrected chi connectivity index (χ0v) is 10.2. The van der Waals surface area contributed by atoms with Crippen molar-refractivity contribution in [2.75, 3.05) is 0 Å². The normalized spacial score (nSPS) is 10.6. The van der Waals surface area contributed by atoms with Gasteiger partial charge in [0.2, 0.25) is 0 Å². The molecule has 0 aromatic carbocycles. The smallest absolute Gasteiger partial charge is 0.0587 e. The minimum Gasteiger partial charge on any atom is -0.347 e. The summed E-state index contributed by atoms with van der Waals surface area (Å²) in [6, 6.07) is 6.55. The molecule has 0 atom stereocenters. The average molecular weight is 217 g/mol. The zero-order chi connectivity index (χ0) is 11.0. The maximum atomic E-state index is 3.84. The van der Waals surface area contributed by atoms with Crippen molar-refractivity contribution in [3.63, 3.8) is 0 Å². The van der Waals surface area contributed by atoms with Crippen LogP contribution in [-0.4, -0.2) is 4.57 Å². The fourth-order valence-corrected chi connectivity index (χ4v) is 2.66. The molecule has 2 aromatic heterocycles. The molecule has 0 aliphatic carbocycles. The summed E-state index contributed by atoms with van der Waals surface area (Å²) in [5.41, 5.74) is 3.77. The van der Waals surface area contributed by atoms with E-state index in [1.54, 1.807) is 0 Å². The molecule has 2 rings (SSSR count). The monoisotopic (exact) mass is 217 g/mol. The summed E-state index contributed by atoms with van der Waals surface area (Å²) in [6.07, 6.45) is 1.92. The SMILES string of the molecule is C=Cc1cc(-c2ccc(C)s2)n(C)c1C. The van der Waals surface area contributed by atoms with Gasteiger partial charge in [0.25, 0.3) is 0 Å². The zero-order valence-electron chi connectivity index (χ0n) is 9.37. The number of nitrogens with zero attached hydrogens (tertiary/aromatic N) is 1. The first-order chi connectivity index (χ1) is 7.13. The van der Waals surface area contributed by atoms with Crippen LogP contribution in [0.1, 0.15) is 16.1 Å². The molecule has 0 radical (unpaired) electrons. The van der Waals surface area contributed by atoms with Gasteiger partial charge in [0.1, 0.15) is 0 Å². The highest BCUT2D eigenvalue weighted by molar-refractivity contribution is 7.15. The quantitative estimate of drug-likeness (QED) is 0.716. The molecule has 0 N–H and O–H groups in total. The molecule has 0 amide bonds. The van der Waals surface area contributed by atoms with Crippen molar-refractivity contribution in [2.45, 2.75) is 13.8 Å². The van der Waals surface area contributed by atoms with E-state index in [0.29, 0.717) is 0 Å². The number of hydrogen-bond acceptors (Lipinski definition) is 1. The lowest BCUT2D eigenvalue weighted by Crippen LogP contribution is -1.92. The maximum Gasteiger partial charge on any atom is 0.0587 e. The molecule has 0 fully saturated rings. The summed E-state index contributed by atoms with van der Waals surface area (Å²) < 4.78 is 2.22. The predicted octanol–water partition coefficient (Wildman–Crippen LogP) is 4.01. The van der Waals surface area contributed by atoms with Crippen LogP contribution in [0.5, 0.6) is 0 Å². The Bertz CT molecular complexity index is 503. The Balaban J connectivity index is 2.58. The van der Waals surface area contributed by atoms with Gasteiger partial charge in [-0.1, -0.05) is 12.7 Å². The van der Waals surface area contributed by atoms with Crippen molar-refractivity contribution >= 4 is 17.4 Å². The Morgan fingerprint density at radius 1 is 1.33 bits per heavy atom. The first kappa shape index (κ1) is 10.2. The van der Waals surface area contributed by atoms with Gasteiger partial charge < -0.3 is 4.57 Å². The van der Waals surface area contributed by atoms with Crippen LogP contribution in [-0.2, 0) is 7.05 Å². The van der Waals surface area contributed by atoms with Crippen LogP contribution in [0.25, 0.3) is 16.6 Å². The van der Waals surface area contributed by atoms with E-state index >= 15 is 0 Å². The van der Waals surface area contributed by atoms with Crippen LogP contribution in [0.15, 0.2) is 24.8 Å². The summed E-state index contributed by atoms with van der Waals surface area (Å²) in [5.74, 6) is 0. The average Bonchev–Trinajstić information content (AvgIpc) is 2.74. The van der Waals surface area contributed by atoms with E-state index in [1.807, 2.05) is 17.4 Å². The number of aromatic nitrogens is 1. The van der Waals surface area contributed by atoms with Gasteiger partial charge in [-0.2, -0.15) is 0 Å². The van der Waals surface area contributed by atoms with Crippen molar-refractivity contribution in [3.05, 3.63) is 40.9 Å². The molecule has 15 heavy (non-hydrogen) atoms. The first-order valence-corrected chi connectivity index (χ1v) is 5.80. The molecule has 0 aliphatic heterocycles. The van der Waals surface area contributed by atoms with Crippen molar-refractivity contribution < 1.29 is 0 Å². The predicted molar refractivity (Wildman–Crippen MR) is 68.3 cm³/mol. The highest BCUT2D eigenvalue weighted by atomic mass is 32.1. The highest BCUT2D eigenvalue weighted by Crippen LogP contribution is 2.30. The minimum atomic E-state index is 1.22. The van der Waals surface area contributed by atoms with E-state index in [4.69, 9.17) is 0 Å². The molecule has 0 saturated carbocycles. The van der Waals surface area contributed by atoms with Crippen molar-refractivity contribution in [2.24, 2.45) is 7.05 Å². The molecule has 0 unspecified atom stereocenters. The molecule has 2 aromatic rings. The van der Waals surface area contributed by atoms with E-state index in [2.05, 4.69) is 50.2 Å². The molecular weight excluding hydrogens is 202 g/mol. The molecule has 78 valence electrons. The molecule has 0 aliphatic rings. The summed E-state index contributed by atoms with van der Waals surface area (Å²) in [6.45, 7) is 8.10. The van der Waals surface area contributed by atoms with Gasteiger partial charge >= 0.3 is 0 Å². The second-order valence-corrected chi connectivity index (χ2v) is 5.03. The van der Waals surface area contributed by atoms with E-state index < -0.39 is 0 Å². The largest absolute Gasteiger partial charge is 0.347 e. The van der Waals surface area contributed by atoms with Gasteiger partial charge in [-0.3, -0.25) is 0 Å². The Labute approximate surface area is 94.7 Å². The summed E-state index contributed by atoms with van der Waals surface area (Å²) in [7, 11) is 2.10. The van der Waals surface area contributed by atoms with Gasteiger partial charge in [0, 0.05) is 17.6 Å². The lowest BCUT2D eigenvalue weighted by Gasteiger charge is -2.02. The highest BCUT2D eigenvalue weighted by Gasteiger charge is 2.09. The second-order valence-electron chi connectivity index (χ2n) is 3.74. The van der Waals surface area contributed by atoms with Gasteiger partial charge in [-0.05, 0) is 37.6 Å². The van der Waals surface area contributed by atoms with Crippen molar-refractivity contribution in [1.82, 2.24) is 4.57 Å². The Morgan fingerprint density at radius 3 is 2.53 bits per heavy atom. The molecule has 0 saturated heterocycles. The Morgan fingerprint density at radius 2 is 2.07 bits per heavy atom. The first-order valence-electron chi connectivity index (χ1n) is 4.99. The second kappa shape index (κ2) is 3.70. The third-order valence-corrected chi connectivity index (χ3v) is 3.81. The van der Waals surface area contributed by atoms with Crippen LogP contribution in [0.4, 0.5) is 0 Å².